The van der Waals surface area contributed by atoms with Crippen LogP contribution in [-0.2, 0) is 23.2 Å². The van der Waals surface area contributed by atoms with Crippen molar-refractivity contribution in [3.8, 4) is 11.5 Å². The van der Waals surface area contributed by atoms with Gasteiger partial charge in [0, 0.05) is 12.7 Å². The molecule has 3 rings (SSSR count). The summed E-state index contributed by atoms with van der Waals surface area (Å²) >= 11 is 1.25. The zero-order valence-corrected chi connectivity index (χ0v) is 19.1. The lowest BCUT2D eigenvalue weighted by molar-refractivity contribution is -0.113. The summed E-state index contributed by atoms with van der Waals surface area (Å²) in [6.45, 7) is 2.18. The van der Waals surface area contributed by atoms with Crippen LogP contribution in [0.1, 0.15) is 21.7 Å². The fourth-order valence-corrected chi connectivity index (χ4v) is 3.53. The number of ether oxygens (including phenoxy) is 3. The van der Waals surface area contributed by atoms with Crippen molar-refractivity contribution in [3.63, 3.8) is 0 Å². The average Bonchev–Trinajstić information content (AvgIpc) is 3.15. The molecule has 0 aliphatic heterocycles. The van der Waals surface area contributed by atoms with Crippen molar-refractivity contribution in [2.24, 2.45) is 7.05 Å². The highest BCUT2D eigenvalue weighted by Crippen LogP contribution is 2.28. The highest BCUT2D eigenvalue weighted by Gasteiger charge is 2.14. The van der Waals surface area contributed by atoms with Crippen LogP contribution in [0, 0.1) is 6.92 Å². The van der Waals surface area contributed by atoms with E-state index in [9.17, 15) is 9.59 Å². The summed E-state index contributed by atoms with van der Waals surface area (Å²) in [7, 11) is 4.71. The van der Waals surface area contributed by atoms with Gasteiger partial charge in [0.15, 0.2) is 22.5 Å². The van der Waals surface area contributed by atoms with Gasteiger partial charge in [-0.1, -0.05) is 23.9 Å². The summed E-state index contributed by atoms with van der Waals surface area (Å²) in [5.41, 5.74) is 1.94. The maximum atomic E-state index is 12.3. The van der Waals surface area contributed by atoms with E-state index >= 15 is 0 Å². The number of aryl methyl sites for hydroxylation is 1. The number of methoxy groups -OCH3 is 2. The number of aromatic nitrogens is 3. The van der Waals surface area contributed by atoms with Gasteiger partial charge in [0.25, 0.3) is 0 Å². The van der Waals surface area contributed by atoms with Gasteiger partial charge in [-0.2, -0.15) is 0 Å². The number of esters is 1. The van der Waals surface area contributed by atoms with E-state index in [1.54, 1.807) is 35.9 Å². The number of benzene rings is 2. The predicted molar refractivity (Wildman–Crippen MR) is 120 cm³/mol. The van der Waals surface area contributed by atoms with Crippen LogP contribution in [-0.4, -0.2) is 46.6 Å². The molecule has 32 heavy (non-hydrogen) atoms. The number of rotatable bonds is 9. The van der Waals surface area contributed by atoms with Gasteiger partial charge in [-0.25, -0.2) is 4.79 Å². The normalized spacial score (nSPS) is 10.5. The Bertz CT molecular complexity index is 1120. The number of nitrogens with zero attached hydrogens (tertiary/aromatic N) is 3. The van der Waals surface area contributed by atoms with Crippen LogP contribution in [0.2, 0.25) is 0 Å². The summed E-state index contributed by atoms with van der Waals surface area (Å²) in [4.78, 5) is 23.9. The Morgan fingerprint density at radius 2 is 1.91 bits per heavy atom. The van der Waals surface area contributed by atoms with Crippen molar-refractivity contribution in [1.82, 2.24) is 14.8 Å². The summed E-state index contributed by atoms with van der Waals surface area (Å²) in [5, 5.41) is 11.6. The van der Waals surface area contributed by atoms with E-state index in [0.717, 1.165) is 5.56 Å². The third kappa shape index (κ3) is 5.79. The minimum absolute atomic E-state index is 0.126. The van der Waals surface area contributed by atoms with Crippen molar-refractivity contribution < 1.29 is 23.8 Å². The van der Waals surface area contributed by atoms with Crippen molar-refractivity contribution in [3.05, 3.63) is 59.4 Å². The predicted octanol–water partition coefficient (Wildman–Crippen LogP) is 3.23. The largest absolute Gasteiger partial charge is 0.493 e. The molecule has 3 aromatic rings. The van der Waals surface area contributed by atoms with Gasteiger partial charge in [-0.15, -0.1) is 10.2 Å². The Labute approximate surface area is 190 Å². The second kappa shape index (κ2) is 10.7. The Kier molecular flexibility index (Phi) is 7.72. The molecule has 0 aliphatic carbocycles. The van der Waals surface area contributed by atoms with Crippen LogP contribution in [0.15, 0.2) is 47.6 Å². The van der Waals surface area contributed by atoms with Gasteiger partial charge in [-0.05, 0) is 42.8 Å². The summed E-state index contributed by atoms with van der Waals surface area (Å²) in [5.74, 6) is 1.30. The molecule has 0 saturated heterocycles. The smallest absolute Gasteiger partial charge is 0.337 e. The third-order valence-corrected chi connectivity index (χ3v) is 5.52. The molecule has 2 aromatic carbocycles. The first-order valence-electron chi connectivity index (χ1n) is 9.68. The van der Waals surface area contributed by atoms with Crippen molar-refractivity contribution in [2.75, 3.05) is 25.3 Å². The first-order chi connectivity index (χ1) is 15.4. The number of amides is 1. The van der Waals surface area contributed by atoms with E-state index in [2.05, 4.69) is 15.5 Å². The molecule has 0 unspecified atom stereocenters. The highest BCUT2D eigenvalue weighted by atomic mass is 32.2. The molecule has 168 valence electrons. The van der Waals surface area contributed by atoms with Crippen molar-refractivity contribution >= 4 is 29.3 Å². The minimum atomic E-state index is -0.465. The second-order valence-electron chi connectivity index (χ2n) is 6.81. The number of nitrogens with one attached hydrogen (secondary N) is 1. The van der Waals surface area contributed by atoms with E-state index in [-0.39, 0.29) is 18.3 Å². The van der Waals surface area contributed by atoms with Crippen LogP contribution in [0.25, 0.3) is 0 Å². The number of thioether (sulfide) groups is 1. The maximum Gasteiger partial charge on any atom is 0.337 e. The molecule has 0 bridgehead atoms. The molecule has 10 heteroatoms. The molecule has 0 radical (unpaired) electrons. The molecule has 0 aliphatic rings. The van der Waals surface area contributed by atoms with E-state index in [4.69, 9.17) is 14.2 Å². The summed E-state index contributed by atoms with van der Waals surface area (Å²) < 4.78 is 17.6. The monoisotopic (exact) mass is 456 g/mol. The van der Waals surface area contributed by atoms with Crippen molar-refractivity contribution in [2.45, 2.75) is 18.7 Å². The number of hydrogen-bond acceptors (Lipinski definition) is 8. The first kappa shape index (κ1) is 23.1. The van der Waals surface area contributed by atoms with Crippen LogP contribution in [0.3, 0.4) is 0 Å². The first-order valence-corrected chi connectivity index (χ1v) is 10.7. The minimum Gasteiger partial charge on any atom is -0.493 e. The lowest BCUT2D eigenvalue weighted by Crippen LogP contribution is -2.15. The number of carbonyl (C=O) groups excluding carboxylic acids is 2. The Balaban J connectivity index is 1.56. The molecule has 9 nitrogen and oxygen atoms in total. The molecule has 0 saturated carbocycles. The standard InChI is InChI=1S/C22H24N4O5S/c1-14-8-9-17(18(10-14)29-3)31-12-19-24-25-22(26(19)2)32-13-20(27)23-16-7-5-6-15(11-16)21(28)30-4/h5-11H,12-13H2,1-4H3,(H,23,27). The highest BCUT2D eigenvalue weighted by molar-refractivity contribution is 7.99. The quantitative estimate of drug-likeness (QED) is 0.387. The van der Waals surface area contributed by atoms with Crippen LogP contribution >= 0.6 is 11.8 Å². The van der Waals surface area contributed by atoms with Crippen LogP contribution in [0.4, 0.5) is 5.69 Å². The summed E-state index contributed by atoms with van der Waals surface area (Å²) in [6.07, 6.45) is 0. The van der Waals surface area contributed by atoms with Gasteiger partial charge in [0.05, 0.1) is 25.5 Å². The molecule has 1 aromatic heterocycles. The lowest BCUT2D eigenvalue weighted by atomic mass is 10.2. The maximum absolute atomic E-state index is 12.3. The SMILES string of the molecule is COC(=O)c1cccc(NC(=O)CSc2nnc(COc3ccc(C)cc3OC)n2C)c1. The van der Waals surface area contributed by atoms with E-state index < -0.39 is 5.97 Å². The Morgan fingerprint density at radius 3 is 2.66 bits per heavy atom. The molecule has 0 spiro atoms. The van der Waals surface area contributed by atoms with Crippen molar-refractivity contribution in [1.29, 1.82) is 0 Å². The van der Waals surface area contributed by atoms with E-state index in [1.807, 2.05) is 32.2 Å². The van der Waals surface area contributed by atoms with Gasteiger partial charge >= 0.3 is 5.97 Å². The zero-order chi connectivity index (χ0) is 23.1. The van der Waals surface area contributed by atoms with E-state index in [0.29, 0.717) is 33.7 Å². The third-order valence-electron chi connectivity index (χ3n) is 4.50. The van der Waals surface area contributed by atoms with Gasteiger partial charge in [0.2, 0.25) is 5.91 Å². The van der Waals surface area contributed by atoms with Gasteiger partial charge < -0.3 is 24.1 Å². The molecular formula is C22H24N4O5S. The van der Waals surface area contributed by atoms with Crippen LogP contribution < -0.4 is 14.8 Å². The number of anilines is 1. The molecule has 0 fully saturated rings. The lowest BCUT2D eigenvalue weighted by Gasteiger charge is -2.11. The van der Waals surface area contributed by atoms with Gasteiger partial charge in [-0.3, -0.25) is 4.79 Å². The average molecular weight is 457 g/mol. The molecular weight excluding hydrogens is 432 g/mol. The zero-order valence-electron chi connectivity index (χ0n) is 18.2. The molecule has 1 N–H and O–H groups in total. The molecule has 0 atom stereocenters. The second-order valence-corrected chi connectivity index (χ2v) is 7.75. The fraction of sp³-hybridized carbons (Fsp3) is 0.273. The Hall–Kier alpha value is -3.53. The van der Waals surface area contributed by atoms with Crippen LogP contribution in [0.5, 0.6) is 11.5 Å². The number of hydrogen-bond donors (Lipinski definition) is 1. The Morgan fingerprint density at radius 1 is 1.09 bits per heavy atom. The number of carbonyl (C=O) groups is 2. The van der Waals surface area contributed by atoms with E-state index in [1.165, 1.54) is 18.9 Å². The summed E-state index contributed by atoms with van der Waals surface area (Å²) in [6, 6.07) is 12.2. The molecule has 1 amide bonds. The molecule has 1 heterocycles. The fourth-order valence-electron chi connectivity index (χ4n) is 2.80. The van der Waals surface area contributed by atoms with Gasteiger partial charge in [0.1, 0.15) is 6.61 Å². The topological polar surface area (TPSA) is 105 Å².